The smallest absolute Gasteiger partial charge is 0.190 e. The fraction of sp³-hybridized carbons (Fsp3) is 0.556. The normalized spacial score (nSPS) is 10.3. The molecule has 1 aromatic heterocycles. The maximum absolute atomic E-state index is 5.86. The van der Waals surface area contributed by atoms with Crippen LogP contribution in [0.4, 0.5) is 5.82 Å². The number of halogens is 1. The van der Waals surface area contributed by atoms with Gasteiger partial charge in [0, 0.05) is 12.6 Å². The summed E-state index contributed by atoms with van der Waals surface area (Å²) in [5.41, 5.74) is 0. The molecule has 0 radical (unpaired) electrons. The summed E-state index contributed by atoms with van der Waals surface area (Å²) < 4.78 is 0. The minimum absolute atomic E-state index is 0.488. The maximum Gasteiger partial charge on any atom is 0.190 e. The van der Waals surface area contributed by atoms with E-state index in [0.29, 0.717) is 10.3 Å². The molecule has 15 heavy (non-hydrogen) atoms. The Balaban J connectivity index is 2.49. The highest BCUT2D eigenvalue weighted by molar-refractivity contribution is 7.98. The first kappa shape index (κ1) is 12.9. The Morgan fingerprint density at radius 3 is 2.87 bits per heavy atom. The van der Waals surface area contributed by atoms with Crippen LogP contribution in [0.25, 0.3) is 0 Å². The number of anilines is 1. The third-order valence-electron chi connectivity index (χ3n) is 1.69. The number of nitrogens with zero attached hydrogens (tertiary/aromatic N) is 2. The van der Waals surface area contributed by atoms with Gasteiger partial charge in [0.1, 0.15) is 11.0 Å². The van der Waals surface area contributed by atoms with Crippen LogP contribution in [-0.2, 0) is 0 Å². The molecule has 1 N–H and O–H groups in total. The van der Waals surface area contributed by atoms with E-state index >= 15 is 0 Å². The van der Waals surface area contributed by atoms with E-state index < -0.39 is 0 Å². The number of rotatable bonds is 6. The van der Waals surface area contributed by atoms with Crippen molar-refractivity contribution in [3.8, 4) is 0 Å². The largest absolute Gasteiger partial charge is 0.370 e. The number of nitrogens with one attached hydrogen (secondary N) is 1. The molecule has 0 saturated carbocycles. The molecular weight excluding hydrogens is 250 g/mol. The molecule has 0 aliphatic rings. The molecule has 0 saturated heterocycles. The number of thioether (sulfide) groups is 2. The molecule has 1 heterocycles. The highest BCUT2D eigenvalue weighted by Crippen LogP contribution is 2.17. The van der Waals surface area contributed by atoms with Gasteiger partial charge in [0.15, 0.2) is 5.16 Å². The summed E-state index contributed by atoms with van der Waals surface area (Å²) in [6.07, 6.45) is 5.16. The molecule has 0 atom stereocenters. The van der Waals surface area contributed by atoms with E-state index in [4.69, 9.17) is 11.6 Å². The van der Waals surface area contributed by atoms with Gasteiger partial charge < -0.3 is 5.32 Å². The predicted molar refractivity (Wildman–Crippen MR) is 70.3 cm³/mol. The van der Waals surface area contributed by atoms with Crippen molar-refractivity contribution in [2.75, 3.05) is 30.1 Å². The third-order valence-corrected chi connectivity index (χ3v) is 3.13. The quantitative estimate of drug-likeness (QED) is 0.370. The number of aromatic nitrogens is 2. The van der Waals surface area contributed by atoms with Crippen LogP contribution in [0.3, 0.4) is 0 Å². The fourth-order valence-electron chi connectivity index (χ4n) is 1.01. The van der Waals surface area contributed by atoms with E-state index in [1.807, 2.05) is 18.0 Å². The molecule has 6 heteroatoms. The Morgan fingerprint density at radius 2 is 2.20 bits per heavy atom. The molecule has 0 bridgehead atoms. The summed E-state index contributed by atoms with van der Waals surface area (Å²) in [5, 5.41) is 4.42. The van der Waals surface area contributed by atoms with Gasteiger partial charge in [-0.1, -0.05) is 23.4 Å². The topological polar surface area (TPSA) is 37.8 Å². The molecule has 0 aliphatic carbocycles. The number of hydrogen-bond donors (Lipinski definition) is 1. The lowest BCUT2D eigenvalue weighted by Crippen LogP contribution is -2.05. The standard InChI is InChI=1S/C9H14ClN3S2/c1-14-5-3-4-11-8-6-7(10)12-9(13-8)15-2/h6H,3-5H2,1-2H3,(H,11,12,13). The molecule has 3 nitrogen and oxygen atoms in total. The van der Waals surface area contributed by atoms with Crippen molar-refractivity contribution in [1.29, 1.82) is 0 Å². The Labute approximate surface area is 104 Å². The van der Waals surface area contributed by atoms with Gasteiger partial charge in [-0.3, -0.25) is 0 Å². The van der Waals surface area contributed by atoms with Crippen molar-refractivity contribution in [1.82, 2.24) is 9.97 Å². The van der Waals surface area contributed by atoms with Gasteiger partial charge in [-0.2, -0.15) is 11.8 Å². The predicted octanol–water partition coefficient (Wildman–Crippen LogP) is 3.02. The van der Waals surface area contributed by atoms with Gasteiger partial charge in [0.05, 0.1) is 0 Å². The summed E-state index contributed by atoms with van der Waals surface area (Å²) in [7, 11) is 0. The molecule has 0 spiro atoms. The molecule has 0 unspecified atom stereocenters. The Kier molecular flexibility index (Phi) is 6.20. The third kappa shape index (κ3) is 4.95. The zero-order valence-electron chi connectivity index (χ0n) is 8.79. The monoisotopic (exact) mass is 263 g/mol. The van der Waals surface area contributed by atoms with E-state index in [1.165, 1.54) is 11.8 Å². The lowest BCUT2D eigenvalue weighted by molar-refractivity contribution is 0.932. The van der Waals surface area contributed by atoms with Crippen LogP contribution in [-0.4, -0.2) is 34.8 Å². The summed E-state index contributed by atoms with van der Waals surface area (Å²) >= 11 is 9.20. The van der Waals surface area contributed by atoms with Gasteiger partial charge in [0.2, 0.25) is 0 Å². The van der Waals surface area contributed by atoms with Crippen LogP contribution < -0.4 is 5.32 Å². The van der Waals surface area contributed by atoms with Crippen molar-refractivity contribution in [2.24, 2.45) is 0 Å². The summed E-state index contributed by atoms with van der Waals surface area (Å²) in [5.74, 6) is 1.96. The van der Waals surface area contributed by atoms with Crippen LogP contribution in [0.1, 0.15) is 6.42 Å². The minimum Gasteiger partial charge on any atom is -0.370 e. The maximum atomic E-state index is 5.86. The Morgan fingerprint density at radius 1 is 1.40 bits per heavy atom. The highest BCUT2D eigenvalue weighted by Gasteiger charge is 2.01. The van der Waals surface area contributed by atoms with Crippen LogP contribution in [0.2, 0.25) is 5.15 Å². The SMILES string of the molecule is CSCCCNc1cc(Cl)nc(SC)n1. The summed E-state index contributed by atoms with van der Waals surface area (Å²) in [6.45, 7) is 0.919. The second kappa shape index (κ2) is 7.19. The van der Waals surface area contributed by atoms with E-state index in [1.54, 1.807) is 6.07 Å². The number of hydrogen-bond acceptors (Lipinski definition) is 5. The summed E-state index contributed by atoms with van der Waals surface area (Å²) in [6, 6.07) is 1.75. The highest BCUT2D eigenvalue weighted by atomic mass is 35.5. The van der Waals surface area contributed by atoms with Gasteiger partial charge >= 0.3 is 0 Å². The zero-order valence-corrected chi connectivity index (χ0v) is 11.2. The van der Waals surface area contributed by atoms with Crippen LogP contribution >= 0.6 is 35.1 Å². The van der Waals surface area contributed by atoms with E-state index in [-0.39, 0.29) is 0 Å². The van der Waals surface area contributed by atoms with Gasteiger partial charge in [-0.05, 0) is 24.7 Å². The Hall–Kier alpha value is -0.130. The zero-order chi connectivity index (χ0) is 11.1. The molecule has 0 aromatic carbocycles. The Bertz CT molecular complexity index is 309. The van der Waals surface area contributed by atoms with Crippen molar-refractivity contribution in [3.63, 3.8) is 0 Å². The molecule has 0 fully saturated rings. The molecule has 84 valence electrons. The van der Waals surface area contributed by atoms with Crippen molar-refractivity contribution < 1.29 is 0 Å². The first-order valence-electron chi connectivity index (χ1n) is 4.57. The van der Waals surface area contributed by atoms with Gasteiger partial charge in [0.25, 0.3) is 0 Å². The summed E-state index contributed by atoms with van der Waals surface area (Å²) in [4.78, 5) is 8.37. The average molecular weight is 264 g/mol. The second-order valence-corrected chi connectivity index (χ2v) is 4.98. The van der Waals surface area contributed by atoms with Crippen LogP contribution in [0.5, 0.6) is 0 Å². The molecular formula is C9H14ClN3S2. The fourth-order valence-corrected chi connectivity index (χ4v) is 2.06. The molecule has 0 amide bonds. The minimum atomic E-state index is 0.488. The molecule has 1 rings (SSSR count). The van der Waals surface area contributed by atoms with Crippen molar-refractivity contribution >= 4 is 40.9 Å². The van der Waals surface area contributed by atoms with Crippen LogP contribution in [0, 0.1) is 0 Å². The van der Waals surface area contributed by atoms with Gasteiger partial charge in [-0.25, -0.2) is 9.97 Å². The first-order valence-corrected chi connectivity index (χ1v) is 7.57. The van der Waals surface area contributed by atoms with Gasteiger partial charge in [-0.15, -0.1) is 0 Å². The molecule has 1 aromatic rings. The average Bonchev–Trinajstić information content (AvgIpc) is 2.23. The lowest BCUT2D eigenvalue weighted by Gasteiger charge is -2.06. The lowest BCUT2D eigenvalue weighted by atomic mass is 10.4. The van der Waals surface area contributed by atoms with Crippen molar-refractivity contribution in [3.05, 3.63) is 11.2 Å². The van der Waals surface area contributed by atoms with E-state index in [0.717, 1.165) is 24.5 Å². The molecule has 0 aliphatic heterocycles. The van der Waals surface area contributed by atoms with Crippen molar-refractivity contribution in [2.45, 2.75) is 11.6 Å². The first-order chi connectivity index (χ1) is 7.26. The van der Waals surface area contributed by atoms with E-state index in [9.17, 15) is 0 Å². The van der Waals surface area contributed by atoms with E-state index in [2.05, 4.69) is 21.5 Å². The second-order valence-electron chi connectivity index (χ2n) is 2.84. The van der Waals surface area contributed by atoms with Crippen LogP contribution in [0.15, 0.2) is 11.2 Å².